The Morgan fingerprint density at radius 1 is 1.20 bits per heavy atom. The van der Waals surface area contributed by atoms with Crippen LogP contribution in [-0.2, 0) is 9.59 Å². The number of halogens is 1. The number of rotatable bonds is 6. The van der Waals surface area contributed by atoms with Crippen molar-refractivity contribution in [3.8, 4) is 5.75 Å². The molecule has 3 atom stereocenters. The molecule has 3 unspecified atom stereocenters. The van der Waals surface area contributed by atoms with E-state index in [2.05, 4.69) is 26.5 Å². The first-order valence-electron chi connectivity index (χ1n) is 11.3. The predicted octanol–water partition coefficient (Wildman–Crippen LogP) is 1.80. The molecule has 2 aliphatic rings. The van der Waals surface area contributed by atoms with E-state index in [1.165, 1.54) is 16.8 Å². The van der Waals surface area contributed by atoms with E-state index in [9.17, 15) is 14.0 Å². The van der Waals surface area contributed by atoms with E-state index in [-0.39, 0.29) is 30.2 Å². The molecule has 0 radical (unpaired) electrons. The highest BCUT2D eigenvalue weighted by Gasteiger charge is 2.45. The van der Waals surface area contributed by atoms with Crippen LogP contribution >= 0.6 is 0 Å². The Morgan fingerprint density at radius 2 is 1.97 bits per heavy atom. The van der Waals surface area contributed by atoms with Crippen molar-refractivity contribution in [1.29, 1.82) is 0 Å². The van der Waals surface area contributed by atoms with Crippen LogP contribution in [0.4, 0.5) is 15.9 Å². The van der Waals surface area contributed by atoms with Gasteiger partial charge < -0.3 is 15.4 Å². The van der Waals surface area contributed by atoms with Crippen molar-refractivity contribution in [2.75, 3.05) is 23.5 Å². The van der Waals surface area contributed by atoms with Crippen LogP contribution in [0.2, 0.25) is 0 Å². The van der Waals surface area contributed by atoms with E-state index in [1.807, 2.05) is 25.1 Å². The van der Waals surface area contributed by atoms with Crippen molar-refractivity contribution in [3.63, 3.8) is 0 Å². The van der Waals surface area contributed by atoms with Crippen LogP contribution < -0.4 is 31.1 Å². The Hall–Kier alpha value is -3.96. The lowest BCUT2D eigenvalue weighted by atomic mass is 10.0. The molecule has 3 heterocycles. The molecule has 10 nitrogen and oxygen atoms in total. The van der Waals surface area contributed by atoms with Crippen LogP contribution in [0.25, 0.3) is 0 Å². The molecular formula is C24H26FN7O3. The van der Waals surface area contributed by atoms with Gasteiger partial charge >= 0.3 is 0 Å². The minimum absolute atomic E-state index is 0.163. The maximum absolute atomic E-state index is 13.4. The number of aromatic nitrogens is 2. The maximum Gasteiger partial charge on any atom is 0.263 e. The first kappa shape index (κ1) is 22.8. The minimum atomic E-state index is -0.715. The standard InChI is InChI=1S/C24H26FN7O3/c1-14-5-3-4-6-19(14)35-13-21(33)27-20-11-15(2)30-32(20)24-28-22-18(23(34)29-24)12-26-31(22)17-9-7-16(25)8-10-17/h3-11,18,22,24,26,28H,12-13H2,1-2H3,(H,27,33)(H,29,34). The molecule has 2 aliphatic heterocycles. The largest absolute Gasteiger partial charge is 0.483 e. The molecule has 2 aromatic carbocycles. The van der Waals surface area contributed by atoms with Crippen LogP contribution in [0.15, 0.2) is 54.6 Å². The Bertz CT molecular complexity index is 1250. The first-order valence-corrected chi connectivity index (χ1v) is 11.3. The number of amides is 2. The van der Waals surface area contributed by atoms with Crippen molar-refractivity contribution < 1.29 is 18.7 Å². The normalized spacial score (nSPS) is 21.4. The number of ether oxygens (including phenoxy) is 1. The van der Waals surface area contributed by atoms with E-state index in [0.717, 1.165) is 11.3 Å². The first-order chi connectivity index (χ1) is 16.9. The fourth-order valence-corrected chi connectivity index (χ4v) is 4.29. The molecule has 0 spiro atoms. The number of hydrazine groups is 1. The highest BCUT2D eigenvalue weighted by atomic mass is 19.1. The van der Waals surface area contributed by atoms with Gasteiger partial charge in [0.25, 0.3) is 5.91 Å². The van der Waals surface area contributed by atoms with Crippen LogP contribution in [-0.4, -0.2) is 40.9 Å². The molecule has 0 aliphatic carbocycles. The number of nitrogens with zero attached hydrogens (tertiary/aromatic N) is 3. The molecule has 2 amide bonds. The van der Waals surface area contributed by atoms with Gasteiger partial charge in [0.05, 0.1) is 17.3 Å². The number of para-hydroxylation sites is 1. The molecule has 0 bridgehead atoms. The number of aryl methyl sites for hydroxylation is 2. The highest BCUT2D eigenvalue weighted by molar-refractivity contribution is 5.91. The lowest BCUT2D eigenvalue weighted by molar-refractivity contribution is -0.129. The lowest BCUT2D eigenvalue weighted by Gasteiger charge is -2.37. The summed E-state index contributed by atoms with van der Waals surface area (Å²) in [6, 6.07) is 15.2. The van der Waals surface area contributed by atoms with Gasteiger partial charge in [0.2, 0.25) is 5.91 Å². The average molecular weight is 480 g/mol. The predicted molar refractivity (Wildman–Crippen MR) is 127 cm³/mol. The van der Waals surface area contributed by atoms with E-state index in [1.54, 1.807) is 36.2 Å². The van der Waals surface area contributed by atoms with Crippen molar-refractivity contribution in [3.05, 3.63) is 71.7 Å². The highest BCUT2D eigenvalue weighted by Crippen LogP contribution is 2.28. The maximum atomic E-state index is 13.4. The Morgan fingerprint density at radius 3 is 2.74 bits per heavy atom. The van der Waals surface area contributed by atoms with Crippen molar-refractivity contribution in [2.24, 2.45) is 5.92 Å². The molecule has 2 fully saturated rings. The number of hydrogen-bond donors (Lipinski definition) is 4. The number of carbonyl (C=O) groups excluding carboxylic acids is 2. The Labute approximate surface area is 201 Å². The fraction of sp³-hybridized carbons (Fsp3) is 0.292. The van der Waals surface area contributed by atoms with E-state index in [4.69, 9.17) is 4.74 Å². The zero-order valence-electron chi connectivity index (χ0n) is 19.3. The minimum Gasteiger partial charge on any atom is -0.483 e. The molecule has 11 heteroatoms. The summed E-state index contributed by atoms with van der Waals surface area (Å²) in [6.45, 7) is 3.95. The summed E-state index contributed by atoms with van der Waals surface area (Å²) in [5.41, 5.74) is 5.51. The van der Waals surface area contributed by atoms with Gasteiger partial charge in [-0.3, -0.25) is 19.9 Å². The number of carbonyl (C=O) groups is 2. The second-order valence-electron chi connectivity index (χ2n) is 8.56. The lowest BCUT2D eigenvalue weighted by Crippen LogP contribution is -2.61. The SMILES string of the molecule is Cc1cc(NC(=O)COc2ccccc2C)n(C2NC(=O)C3CNN(c4ccc(F)cc4)C3N2)n1. The Kier molecular flexibility index (Phi) is 6.10. The molecule has 3 aromatic rings. The molecule has 2 saturated heterocycles. The molecule has 5 rings (SSSR count). The van der Waals surface area contributed by atoms with Crippen molar-refractivity contribution in [1.82, 2.24) is 25.8 Å². The van der Waals surface area contributed by atoms with E-state index < -0.39 is 12.5 Å². The van der Waals surface area contributed by atoms with Gasteiger partial charge in [0.15, 0.2) is 12.9 Å². The van der Waals surface area contributed by atoms with Gasteiger partial charge in [-0.15, -0.1) is 0 Å². The quantitative estimate of drug-likeness (QED) is 0.427. The number of nitrogens with one attached hydrogen (secondary N) is 4. The summed E-state index contributed by atoms with van der Waals surface area (Å²) in [5, 5.41) is 15.4. The third kappa shape index (κ3) is 4.68. The van der Waals surface area contributed by atoms with E-state index in [0.29, 0.717) is 23.8 Å². The van der Waals surface area contributed by atoms with Crippen LogP contribution in [0.1, 0.15) is 17.5 Å². The van der Waals surface area contributed by atoms with Gasteiger partial charge in [-0.25, -0.2) is 14.5 Å². The second kappa shape index (κ2) is 9.35. The summed E-state index contributed by atoms with van der Waals surface area (Å²) >= 11 is 0. The summed E-state index contributed by atoms with van der Waals surface area (Å²) in [6.07, 6.45) is -1.12. The van der Waals surface area contributed by atoms with Gasteiger partial charge in [-0.2, -0.15) is 5.10 Å². The summed E-state index contributed by atoms with van der Waals surface area (Å²) < 4.78 is 20.6. The van der Waals surface area contributed by atoms with Crippen molar-refractivity contribution in [2.45, 2.75) is 26.3 Å². The number of anilines is 2. The van der Waals surface area contributed by atoms with Gasteiger partial charge in [-0.05, 0) is 49.7 Å². The number of hydrogen-bond acceptors (Lipinski definition) is 7. The van der Waals surface area contributed by atoms with Crippen LogP contribution in [0, 0.1) is 25.6 Å². The molecule has 182 valence electrons. The second-order valence-corrected chi connectivity index (χ2v) is 8.56. The molecule has 1 aromatic heterocycles. The molecule has 4 N–H and O–H groups in total. The topological polar surface area (TPSA) is 113 Å². The van der Waals surface area contributed by atoms with Gasteiger partial charge in [-0.1, -0.05) is 18.2 Å². The number of fused-ring (bicyclic) bond motifs is 1. The zero-order chi connectivity index (χ0) is 24.5. The summed E-state index contributed by atoms with van der Waals surface area (Å²) in [4.78, 5) is 25.5. The van der Waals surface area contributed by atoms with Gasteiger partial charge in [0, 0.05) is 12.6 Å². The van der Waals surface area contributed by atoms with Crippen LogP contribution in [0.5, 0.6) is 5.75 Å². The number of benzene rings is 2. The molecule has 35 heavy (non-hydrogen) atoms. The fourth-order valence-electron chi connectivity index (χ4n) is 4.29. The monoisotopic (exact) mass is 479 g/mol. The smallest absolute Gasteiger partial charge is 0.263 e. The average Bonchev–Trinajstić information content (AvgIpc) is 3.42. The van der Waals surface area contributed by atoms with Crippen molar-refractivity contribution >= 4 is 23.3 Å². The molecule has 0 saturated carbocycles. The zero-order valence-corrected chi connectivity index (χ0v) is 19.3. The molecular weight excluding hydrogens is 453 g/mol. The van der Waals surface area contributed by atoms with Crippen LogP contribution in [0.3, 0.4) is 0 Å². The third-order valence-electron chi connectivity index (χ3n) is 6.01. The van der Waals surface area contributed by atoms with E-state index >= 15 is 0 Å². The summed E-state index contributed by atoms with van der Waals surface area (Å²) in [7, 11) is 0. The Balaban J connectivity index is 1.31. The summed E-state index contributed by atoms with van der Waals surface area (Å²) in [5.74, 6) is -0.177. The van der Waals surface area contributed by atoms with Gasteiger partial charge in [0.1, 0.15) is 23.6 Å². The third-order valence-corrected chi connectivity index (χ3v) is 6.01.